The number of phenols is 1. The number of rotatable bonds is 6. The van der Waals surface area contributed by atoms with Crippen molar-refractivity contribution in [1.29, 1.82) is 0 Å². The van der Waals surface area contributed by atoms with E-state index in [9.17, 15) is 23.5 Å². The Labute approximate surface area is 197 Å². The molecule has 9 heteroatoms. The van der Waals surface area contributed by atoms with E-state index in [0.717, 1.165) is 12.6 Å². The first-order valence-corrected chi connectivity index (χ1v) is 11.5. The van der Waals surface area contributed by atoms with Gasteiger partial charge in [0.15, 0.2) is 0 Å². The van der Waals surface area contributed by atoms with Crippen LogP contribution in [0.3, 0.4) is 0 Å². The van der Waals surface area contributed by atoms with Crippen LogP contribution in [0.2, 0.25) is 0 Å². The van der Waals surface area contributed by atoms with Crippen molar-refractivity contribution in [1.82, 2.24) is 9.80 Å². The summed E-state index contributed by atoms with van der Waals surface area (Å²) in [5.74, 6) is -3.01. The number of aromatic hydroxyl groups is 1. The van der Waals surface area contributed by atoms with Crippen molar-refractivity contribution in [2.24, 2.45) is 5.92 Å². The lowest BCUT2D eigenvalue weighted by molar-refractivity contribution is -0.132. The molecule has 0 spiro atoms. The van der Waals surface area contributed by atoms with Crippen LogP contribution in [0, 0.1) is 5.92 Å². The van der Waals surface area contributed by atoms with Gasteiger partial charge in [0, 0.05) is 56.6 Å². The van der Waals surface area contributed by atoms with Crippen LogP contribution < -0.4 is 10.2 Å². The van der Waals surface area contributed by atoms with Crippen LogP contribution in [0.1, 0.15) is 18.9 Å². The van der Waals surface area contributed by atoms with E-state index in [0.29, 0.717) is 51.4 Å². The maximum atomic E-state index is 13.7. The van der Waals surface area contributed by atoms with Gasteiger partial charge in [-0.3, -0.25) is 14.5 Å². The van der Waals surface area contributed by atoms with Crippen molar-refractivity contribution < 1.29 is 23.5 Å². The Bertz CT molecular complexity index is 1020. The molecule has 2 N–H and O–H groups in total. The zero-order chi connectivity index (χ0) is 24.3. The quantitative estimate of drug-likeness (QED) is 0.632. The molecule has 0 saturated carbocycles. The van der Waals surface area contributed by atoms with Crippen LogP contribution >= 0.6 is 0 Å². The molecule has 2 amide bonds. The summed E-state index contributed by atoms with van der Waals surface area (Å²) in [4.78, 5) is 31.2. The zero-order valence-corrected chi connectivity index (χ0v) is 19.2. The van der Waals surface area contributed by atoms with Crippen LogP contribution in [-0.4, -0.2) is 72.5 Å². The van der Waals surface area contributed by atoms with Gasteiger partial charge < -0.3 is 20.2 Å². The molecule has 182 valence electrons. The molecule has 2 fully saturated rings. The molecule has 2 aromatic carbocycles. The highest BCUT2D eigenvalue weighted by atomic mass is 19.3. The second-order valence-electron chi connectivity index (χ2n) is 9.06. The molecule has 2 aliphatic heterocycles. The number of likely N-dealkylation sites (tertiary alicyclic amines) is 1. The molecule has 0 aromatic heterocycles. The lowest BCUT2D eigenvalue weighted by Crippen LogP contribution is -2.51. The fourth-order valence-electron chi connectivity index (χ4n) is 4.46. The molecule has 2 aromatic rings. The zero-order valence-electron chi connectivity index (χ0n) is 19.2. The van der Waals surface area contributed by atoms with E-state index in [4.69, 9.17) is 0 Å². The Hall–Kier alpha value is -3.20. The molecule has 0 aliphatic carbocycles. The summed E-state index contributed by atoms with van der Waals surface area (Å²) >= 11 is 0. The van der Waals surface area contributed by atoms with Gasteiger partial charge in [-0.25, -0.2) is 8.78 Å². The molecular formula is C25H30F2N4O3. The summed E-state index contributed by atoms with van der Waals surface area (Å²) < 4.78 is 27.3. The number of alkyl halides is 2. The molecule has 1 unspecified atom stereocenters. The predicted octanol–water partition coefficient (Wildman–Crippen LogP) is 3.11. The number of halogens is 2. The minimum Gasteiger partial charge on any atom is -0.508 e. The largest absolute Gasteiger partial charge is 0.508 e. The topological polar surface area (TPSA) is 76.1 Å². The summed E-state index contributed by atoms with van der Waals surface area (Å²) in [6.07, 6.45) is 0.684. The summed E-state index contributed by atoms with van der Waals surface area (Å²) in [5, 5.41) is 12.2. The van der Waals surface area contributed by atoms with Crippen molar-refractivity contribution in [3.63, 3.8) is 0 Å². The molecule has 1 atom stereocenters. The smallest absolute Gasteiger partial charge is 0.270 e. The Morgan fingerprint density at radius 3 is 2.44 bits per heavy atom. The van der Waals surface area contributed by atoms with E-state index >= 15 is 0 Å². The first-order chi connectivity index (χ1) is 16.2. The third-order valence-corrected chi connectivity index (χ3v) is 6.49. The lowest BCUT2D eigenvalue weighted by Gasteiger charge is -2.37. The number of amides is 2. The van der Waals surface area contributed by atoms with E-state index in [2.05, 4.69) is 5.32 Å². The fourth-order valence-corrected chi connectivity index (χ4v) is 4.46. The number of phenolic OH excluding ortho intramolecular Hbond substituents is 1. The minimum absolute atomic E-state index is 0.0125. The van der Waals surface area contributed by atoms with Gasteiger partial charge in [-0.15, -0.1) is 0 Å². The molecule has 34 heavy (non-hydrogen) atoms. The summed E-state index contributed by atoms with van der Waals surface area (Å²) in [6.45, 7) is 4.59. The van der Waals surface area contributed by atoms with Crippen molar-refractivity contribution >= 4 is 23.2 Å². The number of piperazine rings is 1. The van der Waals surface area contributed by atoms with E-state index in [1.165, 1.54) is 24.3 Å². The minimum atomic E-state index is -2.89. The number of hydrogen-bond donors (Lipinski definition) is 2. The third kappa shape index (κ3) is 5.83. The van der Waals surface area contributed by atoms with Gasteiger partial charge in [-0.1, -0.05) is 12.1 Å². The summed E-state index contributed by atoms with van der Waals surface area (Å²) in [6, 6.07) is 12.7. The second kappa shape index (κ2) is 9.97. The Morgan fingerprint density at radius 1 is 1.06 bits per heavy atom. The number of nitrogens with zero attached hydrogens (tertiary/aromatic N) is 3. The molecule has 7 nitrogen and oxygen atoms in total. The molecule has 2 aliphatic rings. The number of carbonyl (C=O) groups is 2. The number of hydrogen-bond acceptors (Lipinski definition) is 5. The average molecular weight is 473 g/mol. The third-order valence-electron chi connectivity index (χ3n) is 6.49. The highest BCUT2D eigenvalue weighted by Gasteiger charge is 2.31. The van der Waals surface area contributed by atoms with Gasteiger partial charge >= 0.3 is 0 Å². The van der Waals surface area contributed by atoms with E-state index in [-0.39, 0.29) is 35.6 Å². The van der Waals surface area contributed by atoms with Crippen molar-refractivity contribution in [3.8, 4) is 5.75 Å². The number of nitrogens with one attached hydrogen (secondary N) is 1. The van der Waals surface area contributed by atoms with Gasteiger partial charge in [0.1, 0.15) is 5.75 Å². The molecule has 2 heterocycles. The number of anilines is 2. The van der Waals surface area contributed by atoms with Gasteiger partial charge in [0.05, 0.1) is 12.5 Å². The van der Waals surface area contributed by atoms with Crippen LogP contribution in [-0.2, 0) is 15.5 Å². The van der Waals surface area contributed by atoms with Gasteiger partial charge in [0.25, 0.3) is 5.92 Å². The SMILES string of the molecule is CC(F)(F)c1cccc(N2CCN(C(=O)CN3CCC(C(=O)Nc4ccc(O)cc4)C3)CC2)c1. The van der Waals surface area contributed by atoms with Gasteiger partial charge in [-0.2, -0.15) is 0 Å². The first kappa shape index (κ1) is 23.9. The standard InChI is InChI=1S/C25H30F2N4O3/c1-25(26,27)19-3-2-4-21(15-19)30-11-13-31(14-12-30)23(33)17-29-10-9-18(16-29)24(34)28-20-5-7-22(32)8-6-20/h2-8,15,18,32H,9-14,16-17H2,1H3,(H,28,34). The first-order valence-electron chi connectivity index (χ1n) is 11.5. The predicted molar refractivity (Wildman–Crippen MR) is 126 cm³/mol. The molecule has 0 radical (unpaired) electrons. The molecule has 4 rings (SSSR count). The van der Waals surface area contributed by atoms with Crippen molar-refractivity contribution in [2.75, 3.05) is 56.0 Å². The fraction of sp³-hybridized carbons (Fsp3) is 0.440. The second-order valence-corrected chi connectivity index (χ2v) is 9.06. The lowest BCUT2D eigenvalue weighted by atomic mass is 10.1. The average Bonchev–Trinajstić information content (AvgIpc) is 3.29. The van der Waals surface area contributed by atoms with Crippen LogP contribution in [0.5, 0.6) is 5.75 Å². The Morgan fingerprint density at radius 2 is 1.76 bits per heavy atom. The van der Waals surface area contributed by atoms with E-state index < -0.39 is 5.92 Å². The highest BCUT2D eigenvalue weighted by Crippen LogP contribution is 2.30. The van der Waals surface area contributed by atoms with Crippen LogP contribution in [0.25, 0.3) is 0 Å². The molecule has 0 bridgehead atoms. The number of carbonyl (C=O) groups excluding carboxylic acids is 2. The van der Waals surface area contributed by atoms with Crippen molar-refractivity contribution in [2.45, 2.75) is 19.3 Å². The monoisotopic (exact) mass is 472 g/mol. The number of benzene rings is 2. The summed E-state index contributed by atoms with van der Waals surface area (Å²) in [7, 11) is 0. The van der Waals surface area contributed by atoms with E-state index in [1.54, 1.807) is 23.1 Å². The van der Waals surface area contributed by atoms with Crippen molar-refractivity contribution in [3.05, 3.63) is 54.1 Å². The van der Waals surface area contributed by atoms with Crippen LogP contribution in [0.4, 0.5) is 20.2 Å². The maximum Gasteiger partial charge on any atom is 0.270 e. The normalized spacial score (nSPS) is 19.3. The molecular weight excluding hydrogens is 442 g/mol. The van der Waals surface area contributed by atoms with Gasteiger partial charge in [-0.05, 0) is 49.4 Å². The Kier molecular flexibility index (Phi) is 7.02. The van der Waals surface area contributed by atoms with Crippen LogP contribution in [0.15, 0.2) is 48.5 Å². The maximum absolute atomic E-state index is 13.7. The Balaban J connectivity index is 1.24. The van der Waals surface area contributed by atoms with E-state index in [1.807, 2.05) is 15.9 Å². The highest BCUT2D eigenvalue weighted by molar-refractivity contribution is 5.93. The van der Waals surface area contributed by atoms with Gasteiger partial charge in [0.2, 0.25) is 11.8 Å². The summed E-state index contributed by atoms with van der Waals surface area (Å²) in [5.41, 5.74) is 1.36. The molecule has 2 saturated heterocycles.